The van der Waals surface area contributed by atoms with E-state index in [4.69, 9.17) is 0 Å². The van der Waals surface area contributed by atoms with Crippen LogP contribution in [0, 0.1) is 23.5 Å². The standard InChI is InChI=1S/C27H23F2NS/c1-2-3-4-5-6-20-7-9-21(10-8-20)11-12-22-13-15-23(16-14-22)27-25(28)17-24(30-19-31)18-26(27)29/h7-10,13-18H,2-6H2,1H3. The minimum absolute atomic E-state index is 0.0997. The Balaban J connectivity index is 1.70. The van der Waals surface area contributed by atoms with Crippen LogP contribution in [0.1, 0.15) is 49.3 Å². The van der Waals surface area contributed by atoms with Crippen LogP contribution < -0.4 is 0 Å². The molecule has 0 spiro atoms. The number of aryl methyl sites for hydroxylation is 1. The van der Waals surface area contributed by atoms with E-state index in [0.29, 0.717) is 5.56 Å². The third kappa shape index (κ3) is 6.43. The molecule has 0 atom stereocenters. The van der Waals surface area contributed by atoms with Crippen LogP contribution in [-0.4, -0.2) is 5.16 Å². The molecule has 0 aromatic heterocycles. The summed E-state index contributed by atoms with van der Waals surface area (Å²) in [6.07, 6.45) is 6.12. The molecule has 0 unspecified atom stereocenters. The fraction of sp³-hybridized carbons (Fsp3) is 0.222. The predicted octanol–water partition coefficient (Wildman–Crippen LogP) is 7.89. The van der Waals surface area contributed by atoms with Crippen LogP contribution in [0.3, 0.4) is 0 Å². The van der Waals surface area contributed by atoms with Crippen LogP contribution >= 0.6 is 12.2 Å². The molecule has 0 fully saturated rings. The molecule has 0 heterocycles. The zero-order chi connectivity index (χ0) is 22.1. The summed E-state index contributed by atoms with van der Waals surface area (Å²) in [5.74, 6) is 4.85. The first-order valence-corrected chi connectivity index (χ1v) is 10.8. The lowest BCUT2D eigenvalue weighted by Gasteiger charge is -2.06. The molecule has 0 bridgehead atoms. The highest BCUT2D eigenvalue weighted by Gasteiger charge is 2.13. The molecule has 3 rings (SSSR count). The van der Waals surface area contributed by atoms with Crippen molar-refractivity contribution < 1.29 is 8.78 Å². The van der Waals surface area contributed by atoms with Gasteiger partial charge in [-0.2, -0.15) is 4.99 Å². The number of halogens is 2. The normalized spacial score (nSPS) is 10.2. The molecular weight excluding hydrogens is 408 g/mol. The third-order valence-electron chi connectivity index (χ3n) is 5.00. The maximum atomic E-state index is 14.3. The topological polar surface area (TPSA) is 12.4 Å². The van der Waals surface area contributed by atoms with E-state index in [2.05, 4.69) is 53.3 Å². The molecule has 0 radical (unpaired) electrons. The SMILES string of the molecule is CCCCCCc1ccc(C#Cc2ccc(-c3c(F)cc(N=C=S)cc3F)cc2)cc1. The van der Waals surface area contributed by atoms with Gasteiger partial charge >= 0.3 is 0 Å². The summed E-state index contributed by atoms with van der Waals surface area (Å²) < 4.78 is 28.7. The first kappa shape index (κ1) is 22.6. The molecule has 0 aliphatic heterocycles. The number of aliphatic imine (C=N–C) groups is 1. The van der Waals surface area contributed by atoms with Crippen molar-refractivity contribution in [3.63, 3.8) is 0 Å². The number of isothiocyanates is 1. The Morgan fingerprint density at radius 3 is 1.94 bits per heavy atom. The first-order valence-electron chi connectivity index (χ1n) is 10.4. The second-order valence-electron chi connectivity index (χ2n) is 7.32. The maximum absolute atomic E-state index is 14.3. The molecule has 0 N–H and O–H groups in total. The molecule has 0 aliphatic carbocycles. The summed E-state index contributed by atoms with van der Waals surface area (Å²) in [5.41, 5.74) is 3.48. The lowest BCUT2D eigenvalue weighted by molar-refractivity contribution is 0.590. The van der Waals surface area contributed by atoms with Gasteiger partial charge in [-0.15, -0.1) is 0 Å². The molecule has 0 aliphatic rings. The third-order valence-corrected chi connectivity index (χ3v) is 5.09. The monoisotopic (exact) mass is 431 g/mol. The summed E-state index contributed by atoms with van der Waals surface area (Å²) in [6.45, 7) is 2.22. The Morgan fingerprint density at radius 1 is 0.806 bits per heavy atom. The Morgan fingerprint density at radius 2 is 1.39 bits per heavy atom. The number of nitrogens with zero attached hydrogens (tertiary/aromatic N) is 1. The largest absolute Gasteiger partial charge is 0.206 e. The van der Waals surface area contributed by atoms with Gasteiger partial charge in [0.2, 0.25) is 0 Å². The van der Waals surface area contributed by atoms with E-state index in [1.807, 2.05) is 12.1 Å². The van der Waals surface area contributed by atoms with Crippen LogP contribution in [0.5, 0.6) is 0 Å². The van der Waals surface area contributed by atoms with Crippen molar-refractivity contribution in [3.8, 4) is 23.0 Å². The summed E-state index contributed by atoms with van der Waals surface area (Å²) in [5, 5.41) is 2.11. The van der Waals surface area contributed by atoms with Crippen molar-refractivity contribution in [2.45, 2.75) is 39.0 Å². The fourth-order valence-electron chi connectivity index (χ4n) is 3.33. The van der Waals surface area contributed by atoms with Crippen LogP contribution in [0.25, 0.3) is 11.1 Å². The molecule has 31 heavy (non-hydrogen) atoms. The van der Waals surface area contributed by atoms with Crippen molar-refractivity contribution in [2.75, 3.05) is 0 Å². The molecule has 3 aromatic rings. The second-order valence-corrected chi connectivity index (χ2v) is 7.51. The molecule has 1 nitrogen and oxygen atoms in total. The molecule has 156 valence electrons. The Kier molecular flexibility index (Phi) is 8.24. The second kappa shape index (κ2) is 11.3. The van der Waals surface area contributed by atoms with Crippen molar-refractivity contribution >= 4 is 23.1 Å². The zero-order valence-corrected chi connectivity index (χ0v) is 18.2. The van der Waals surface area contributed by atoms with E-state index in [9.17, 15) is 8.78 Å². The van der Waals surface area contributed by atoms with E-state index in [1.165, 1.54) is 31.2 Å². The highest BCUT2D eigenvalue weighted by atomic mass is 32.1. The molecule has 0 saturated carbocycles. The molecule has 4 heteroatoms. The predicted molar refractivity (Wildman–Crippen MR) is 127 cm³/mol. The van der Waals surface area contributed by atoms with E-state index in [-0.39, 0.29) is 11.3 Å². The lowest BCUT2D eigenvalue weighted by Crippen LogP contribution is -1.90. The maximum Gasteiger partial charge on any atom is 0.136 e. The summed E-state index contributed by atoms with van der Waals surface area (Å²) in [7, 11) is 0. The average Bonchev–Trinajstić information content (AvgIpc) is 2.77. The Hall–Kier alpha value is -3.12. The van der Waals surface area contributed by atoms with Crippen LogP contribution in [0.15, 0.2) is 65.7 Å². The quantitative estimate of drug-likeness (QED) is 0.160. The van der Waals surface area contributed by atoms with Gasteiger partial charge in [0.25, 0.3) is 0 Å². The van der Waals surface area contributed by atoms with Crippen LogP contribution in [0.4, 0.5) is 14.5 Å². The molecule has 3 aromatic carbocycles. The van der Waals surface area contributed by atoms with Crippen molar-refractivity contribution in [2.24, 2.45) is 4.99 Å². The minimum atomic E-state index is -0.697. The Bertz CT molecular complexity index is 1110. The number of unbranched alkanes of at least 4 members (excludes halogenated alkanes) is 3. The number of benzene rings is 3. The van der Waals surface area contributed by atoms with Gasteiger partial charge in [0.05, 0.1) is 16.4 Å². The van der Waals surface area contributed by atoms with Gasteiger partial charge in [0.15, 0.2) is 0 Å². The van der Waals surface area contributed by atoms with E-state index < -0.39 is 11.6 Å². The van der Waals surface area contributed by atoms with Crippen LogP contribution in [-0.2, 0) is 6.42 Å². The summed E-state index contributed by atoms with van der Waals surface area (Å²) in [4.78, 5) is 3.62. The highest BCUT2D eigenvalue weighted by molar-refractivity contribution is 7.78. The van der Waals surface area contributed by atoms with Crippen molar-refractivity contribution in [1.29, 1.82) is 0 Å². The number of hydrogen-bond acceptors (Lipinski definition) is 2. The van der Waals surface area contributed by atoms with E-state index >= 15 is 0 Å². The fourth-order valence-corrected chi connectivity index (χ4v) is 3.43. The van der Waals surface area contributed by atoms with E-state index in [0.717, 1.165) is 29.7 Å². The van der Waals surface area contributed by atoms with Gasteiger partial charge in [-0.1, -0.05) is 62.3 Å². The lowest BCUT2D eigenvalue weighted by atomic mass is 10.0. The molecular formula is C27H23F2NS. The van der Waals surface area contributed by atoms with Gasteiger partial charge in [-0.05, 0) is 60.5 Å². The zero-order valence-electron chi connectivity index (χ0n) is 17.4. The summed E-state index contributed by atoms with van der Waals surface area (Å²) in [6, 6.07) is 17.4. The Labute approximate surface area is 187 Å². The highest BCUT2D eigenvalue weighted by Crippen LogP contribution is 2.30. The van der Waals surface area contributed by atoms with Crippen molar-refractivity contribution in [1.82, 2.24) is 0 Å². The van der Waals surface area contributed by atoms with Gasteiger partial charge in [-0.3, -0.25) is 0 Å². The number of hydrogen-bond donors (Lipinski definition) is 0. The van der Waals surface area contributed by atoms with Gasteiger partial charge in [-0.25, -0.2) is 8.78 Å². The van der Waals surface area contributed by atoms with Crippen LogP contribution in [0.2, 0.25) is 0 Å². The number of thiocarbonyl (C=S) groups is 1. The first-order chi connectivity index (χ1) is 15.1. The van der Waals surface area contributed by atoms with Crippen molar-refractivity contribution in [3.05, 3.63) is 89.0 Å². The van der Waals surface area contributed by atoms with Gasteiger partial charge in [0.1, 0.15) is 11.6 Å². The molecule has 0 saturated heterocycles. The van der Waals surface area contributed by atoms with E-state index in [1.54, 1.807) is 24.3 Å². The smallest absolute Gasteiger partial charge is 0.136 e. The number of rotatable bonds is 7. The average molecular weight is 432 g/mol. The molecule has 0 amide bonds. The van der Waals surface area contributed by atoms with Gasteiger partial charge < -0.3 is 0 Å². The van der Waals surface area contributed by atoms with Gasteiger partial charge in [0, 0.05) is 23.3 Å². The minimum Gasteiger partial charge on any atom is -0.206 e. The summed E-state index contributed by atoms with van der Waals surface area (Å²) >= 11 is 4.48.